The van der Waals surface area contributed by atoms with Crippen LogP contribution in [0.1, 0.15) is 43.2 Å². The fraction of sp³-hybridized carbons (Fsp3) is 0.625. The third-order valence-corrected chi connectivity index (χ3v) is 6.66. The van der Waals surface area contributed by atoms with Crippen molar-refractivity contribution in [3.05, 3.63) is 48.0 Å². The molecule has 0 radical (unpaired) electrons. The summed E-state index contributed by atoms with van der Waals surface area (Å²) in [4.78, 5) is 21.6. The van der Waals surface area contributed by atoms with E-state index in [1.807, 2.05) is 0 Å². The van der Waals surface area contributed by atoms with Crippen molar-refractivity contribution in [2.24, 2.45) is 5.92 Å². The summed E-state index contributed by atoms with van der Waals surface area (Å²) in [5.41, 5.74) is 2.79. The second-order valence-corrected chi connectivity index (χ2v) is 8.99. The number of nitrogens with zero attached hydrogens (tertiary/aromatic N) is 5. The van der Waals surface area contributed by atoms with E-state index in [4.69, 9.17) is 4.74 Å². The van der Waals surface area contributed by atoms with E-state index in [1.165, 1.54) is 17.5 Å². The van der Waals surface area contributed by atoms with Crippen LogP contribution in [0.15, 0.2) is 36.9 Å². The fourth-order valence-electron chi connectivity index (χ4n) is 4.70. The first-order valence-electron chi connectivity index (χ1n) is 11.7. The predicted molar refractivity (Wildman–Crippen MR) is 119 cm³/mol. The van der Waals surface area contributed by atoms with Crippen molar-refractivity contribution in [1.82, 2.24) is 24.6 Å². The monoisotopic (exact) mass is 425 g/mol. The van der Waals surface area contributed by atoms with Gasteiger partial charge in [0, 0.05) is 32.7 Å². The molecule has 1 aromatic heterocycles. The van der Waals surface area contributed by atoms with E-state index in [9.17, 15) is 4.79 Å². The highest BCUT2D eigenvalue weighted by atomic mass is 16.5. The zero-order chi connectivity index (χ0) is 21.5. The summed E-state index contributed by atoms with van der Waals surface area (Å²) in [7, 11) is 0. The van der Waals surface area contributed by atoms with Crippen molar-refractivity contribution in [1.29, 1.82) is 0 Å². The third kappa shape index (κ3) is 6.37. The first-order chi connectivity index (χ1) is 15.2. The van der Waals surface area contributed by atoms with Crippen LogP contribution < -0.4 is 0 Å². The molecule has 0 aliphatic carbocycles. The molecule has 2 aliphatic heterocycles. The molecular weight excluding hydrogens is 390 g/mol. The Balaban J connectivity index is 1.29. The maximum absolute atomic E-state index is 13.0. The normalized spacial score (nSPS) is 20.2. The van der Waals surface area contributed by atoms with Gasteiger partial charge in [0.1, 0.15) is 12.7 Å². The molecular formula is C24H35N5O2. The lowest BCUT2D eigenvalue weighted by molar-refractivity contribution is -0.134. The van der Waals surface area contributed by atoms with Crippen molar-refractivity contribution < 1.29 is 9.53 Å². The average molecular weight is 426 g/mol. The van der Waals surface area contributed by atoms with Gasteiger partial charge in [0.2, 0.25) is 5.91 Å². The van der Waals surface area contributed by atoms with Crippen LogP contribution in [-0.4, -0.2) is 69.4 Å². The molecule has 1 unspecified atom stereocenters. The summed E-state index contributed by atoms with van der Waals surface area (Å²) in [5.74, 6) is 0.762. The molecule has 2 aliphatic rings. The topological polar surface area (TPSA) is 63.5 Å². The summed E-state index contributed by atoms with van der Waals surface area (Å²) in [6, 6.07) is 8.66. The maximum atomic E-state index is 13.0. The molecule has 4 rings (SSSR count). The molecule has 0 saturated carbocycles. The molecule has 2 fully saturated rings. The van der Waals surface area contributed by atoms with Gasteiger partial charge in [-0.25, -0.2) is 4.98 Å². The highest BCUT2D eigenvalue weighted by Gasteiger charge is 2.27. The average Bonchev–Trinajstić information content (AvgIpc) is 3.49. The van der Waals surface area contributed by atoms with Gasteiger partial charge < -0.3 is 9.64 Å². The number of benzene rings is 1. The van der Waals surface area contributed by atoms with Gasteiger partial charge in [-0.3, -0.25) is 14.4 Å². The van der Waals surface area contributed by atoms with Gasteiger partial charge in [-0.15, -0.1) is 0 Å². The number of hydrogen-bond acceptors (Lipinski definition) is 5. The highest BCUT2D eigenvalue weighted by molar-refractivity contribution is 5.76. The Morgan fingerprint density at radius 1 is 1.19 bits per heavy atom. The van der Waals surface area contributed by atoms with E-state index >= 15 is 0 Å². The van der Waals surface area contributed by atoms with Crippen LogP contribution in [0.2, 0.25) is 0 Å². The molecule has 1 atom stereocenters. The summed E-state index contributed by atoms with van der Waals surface area (Å²) in [6.45, 7) is 8.37. The Labute approximate surface area is 185 Å². The largest absolute Gasteiger partial charge is 0.376 e. The lowest BCUT2D eigenvalue weighted by atomic mass is 9.95. The van der Waals surface area contributed by atoms with Gasteiger partial charge in [0.15, 0.2) is 0 Å². The predicted octanol–water partition coefficient (Wildman–Crippen LogP) is 2.90. The molecule has 0 N–H and O–H groups in total. The van der Waals surface area contributed by atoms with Gasteiger partial charge in [-0.2, -0.15) is 5.10 Å². The van der Waals surface area contributed by atoms with Crippen molar-refractivity contribution in [3.63, 3.8) is 0 Å². The number of rotatable bonds is 9. The summed E-state index contributed by atoms with van der Waals surface area (Å²) in [5, 5.41) is 4.12. The Morgan fingerprint density at radius 2 is 2.03 bits per heavy atom. The lowest BCUT2D eigenvalue weighted by Gasteiger charge is -2.36. The third-order valence-electron chi connectivity index (χ3n) is 6.66. The van der Waals surface area contributed by atoms with Crippen molar-refractivity contribution in [3.8, 4) is 0 Å². The van der Waals surface area contributed by atoms with Gasteiger partial charge in [0.25, 0.3) is 0 Å². The zero-order valence-electron chi connectivity index (χ0n) is 18.7. The van der Waals surface area contributed by atoms with Crippen molar-refractivity contribution in [2.75, 3.05) is 32.8 Å². The smallest absolute Gasteiger partial charge is 0.224 e. The number of piperidine rings is 1. The van der Waals surface area contributed by atoms with E-state index in [-0.39, 0.29) is 12.0 Å². The minimum Gasteiger partial charge on any atom is -0.376 e. The van der Waals surface area contributed by atoms with Crippen LogP contribution in [0.4, 0.5) is 0 Å². The summed E-state index contributed by atoms with van der Waals surface area (Å²) >= 11 is 0. The Kier molecular flexibility index (Phi) is 7.70. The second-order valence-electron chi connectivity index (χ2n) is 8.99. The minimum atomic E-state index is 0.191. The second kappa shape index (κ2) is 10.9. The lowest BCUT2D eigenvalue weighted by Crippen LogP contribution is -2.43. The quantitative estimate of drug-likeness (QED) is 0.618. The molecule has 31 heavy (non-hydrogen) atoms. The molecule has 7 heteroatoms. The van der Waals surface area contributed by atoms with Crippen molar-refractivity contribution in [2.45, 2.75) is 58.2 Å². The number of aromatic nitrogens is 3. The van der Waals surface area contributed by atoms with Crippen LogP contribution >= 0.6 is 0 Å². The molecule has 1 amide bonds. The Bertz CT molecular complexity index is 811. The Hall–Kier alpha value is -2.25. The van der Waals surface area contributed by atoms with E-state index in [0.29, 0.717) is 18.9 Å². The number of amides is 1. The fourth-order valence-corrected chi connectivity index (χ4v) is 4.70. The van der Waals surface area contributed by atoms with Crippen LogP contribution in [0.5, 0.6) is 0 Å². The van der Waals surface area contributed by atoms with Crippen LogP contribution in [0.25, 0.3) is 0 Å². The van der Waals surface area contributed by atoms with E-state index in [2.05, 4.69) is 51.1 Å². The molecule has 1 aromatic carbocycles. The van der Waals surface area contributed by atoms with Crippen molar-refractivity contribution >= 4 is 5.91 Å². The van der Waals surface area contributed by atoms with E-state index in [0.717, 1.165) is 65.0 Å². The first-order valence-corrected chi connectivity index (χ1v) is 11.7. The zero-order valence-corrected chi connectivity index (χ0v) is 18.7. The number of aryl methyl sites for hydroxylation is 2. The van der Waals surface area contributed by atoms with Gasteiger partial charge in [0.05, 0.1) is 12.6 Å². The summed E-state index contributed by atoms with van der Waals surface area (Å²) < 4.78 is 7.57. The highest BCUT2D eigenvalue weighted by Crippen LogP contribution is 2.23. The van der Waals surface area contributed by atoms with Gasteiger partial charge >= 0.3 is 0 Å². The Morgan fingerprint density at radius 3 is 2.74 bits per heavy atom. The molecule has 168 valence electrons. The SMILES string of the molecule is Cc1ccccc1CN1CCC(CN(CC2CCCO2)C(=O)CCn2cncn2)CC1. The molecule has 7 nitrogen and oxygen atoms in total. The van der Waals surface area contributed by atoms with Crippen LogP contribution in [-0.2, 0) is 22.6 Å². The molecule has 2 aromatic rings. The first kappa shape index (κ1) is 22.0. The number of ether oxygens (including phenoxy) is 1. The molecule has 3 heterocycles. The number of hydrogen-bond donors (Lipinski definition) is 0. The molecule has 2 saturated heterocycles. The number of carbonyl (C=O) groups excluding carboxylic acids is 1. The van der Waals surface area contributed by atoms with Crippen LogP contribution in [0, 0.1) is 12.8 Å². The maximum Gasteiger partial charge on any atom is 0.224 e. The van der Waals surface area contributed by atoms with Gasteiger partial charge in [-0.05, 0) is 62.7 Å². The molecule has 0 bridgehead atoms. The standard InChI is InChI=1S/C24H35N5O2/c1-20-5-2-3-6-22(20)16-27-11-8-21(9-12-27)15-28(17-23-7-4-14-31-23)24(30)10-13-29-19-25-18-26-29/h2-3,5-6,18-19,21,23H,4,7-17H2,1H3. The van der Waals surface area contributed by atoms with E-state index < -0.39 is 0 Å². The minimum absolute atomic E-state index is 0.191. The van der Waals surface area contributed by atoms with Crippen LogP contribution in [0.3, 0.4) is 0 Å². The number of carbonyl (C=O) groups is 1. The summed E-state index contributed by atoms with van der Waals surface area (Å²) in [6.07, 6.45) is 8.28. The molecule has 0 spiro atoms. The van der Waals surface area contributed by atoms with E-state index in [1.54, 1.807) is 11.0 Å². The number of likely N-dealkylation sites (tertiary alicyclic amines) is 1. The van der Waals surface area contributed by atoms with Gasteiger partial charge in [-0.1, -0.05) is 24.3 Å².